The molecule has 0 radical (unpaired) electrons. The van der Waals surface area contributed by atoms with Crippen LogP contribution >= 0.6 is 11.3 Å². The van der Waals surface area contributed by atoms with Crippen LogP contribution in [0.4, 0.5) is 0 Å². The Balaban J connectivity index is 2.65. The fraction of sp³-hybridized carbons (Fsp3) is 0.273. The van der Waals surface area contributed by atoms with Crippen molar-refractivity contribution in [2.75, 3.05) is 13.1 Å². The number of aliphatic carboxylic acids is 1. The third-order valence-electron chi connectivity index (χ3n) is 1.96. The van der Waals surface area contributed by atoms with Gasteiger partial charge in [0.15, 0.2) is 0 Å². The highest BCUT2D eigenvalue weighted by atomic mass is 32.1. The van der Waals surface area contributed by atoms with E-state index in [4.69, 9.17) is 5.11 Å². The van der Waals surface area contributed by atoms with Crippen LogP contribution in [0.1, 0.15) is 16.1 Å². The number of carbonyl (C=O) groups excluding carboxylic acids is 1. The monoisotopic (exact) mass is 239 g/mol. The molecule has 4 nitrogen and oxygen atoms in total. The maximum absolute atomic E-state index is 11.9. The van der Waals surface area contributed by atoms with Crippen molar-refractivity contribution in [1.29, 1.82) is 0 Å². The van der Waals surface area contributed by atoms with E-state index >= 15 is 0 Å². The summed E-state index contributed by atoms with van der Waals surface area (Å²) in [7, 11) is 0. The van der Waals surface area contributed by atoms with Crippen molar-refractivity contribution in [3.05, 3.63) is 35.0 Å². The standard InChI is InChI=1S/C11H13NO3S/c1-2-6-12(7-5-10(13)14)11(15)9-4-3-8-16-9/h2-4,8H,1,5-7H2,(H,13,14). The summed E-state index contributed by atoms with van der Waals surface area (Å²) >= 11 is 1.35. The Morgan fingerprint density at radius 2 is 2.31 bits per heavy atom. The van der Waals surface area contributed by atoms with Gasteiger partial charge in [0.1, 0.15) is 0 Å². The fourth-order valence-electron chi connectivity index (χ4n) is 1.22. The predicted molar refractivity (Wildman–Crippen MR) is 62.7 cm³/mol. The Labute approximate surface area is 97.8 Å². The molecule has 1 amide bonds. The van der Waals surface area contributed by atoms with Gasteiger partial charge in [0.2, 0.25) is 0 Å². The van der Waals surface area contributed by atoms with E-state index in [2.05, 4.69) is 6.58 Å². The summed E-state index contributed by atoms with van der Waals surface area (Å²) in [6.07, 6.45) is 1.54. The van der Waals surface area contributed by atoms with Crippen LogP contribution in [0, 0.1) is 0 Å². The van der Waals surface area contributed by atoms with Crippen LogP contribution in [0.5, 0.6) is 0 Å². The zero-order chi connectivity index (χ0) is 12.0. The molecule has 16 heavy (non-hydrogen) atoms. The van der Waals surface area contributed by atoms with Crippen molar-refractivity contribution in [3.63, 3.8) is 0 Å². The highest BCUT2D eigenvalue weighted by Crippen LogP contribution is 2.12. The van der Waals surface area contributed by atoms with Crippen molar-refractivity contribution in [3.8, 4) is 0 Å². The summed E-state index contributed by atoms with van der Waals surface area (Å²) in [4.78, 5) is 24.5. The van der Waals surface area contributed by atoms with Gasteiger partial charge >= 0.3 is 5.97 Å². The quantitative estimate of drug-likeness (QED) is 0.771. The van der Waals surface area contributed by atoms with Gasteiger partial charge in [-0.25, -0.2) is 0 Å². The largest absolute Gasteiger partial charge is 0.481 e. The first-order chi connectivity index (χ1) is 7.65. The Bertz CT molecular complexity index is 373. The number of hydrogen-bond donors (Lipinski definition) is 1. The lowest BCUT2D eigenvalue weighted by Crippen LogP contribution is -2.32. The van der Waals surface area contributed by atoms with E-state index < -0.39 is 5.97 Å². The number of hydrogen-bond acceptors (Lipinski definition) is 3. The fourth-order valence-corrected chi connectivity index (χ4v) is 1.91. The van der Waals surface area contributed by atoms with Gasteiger partial charge in [-0.3, -0.25) is 9.59 Å². The lowest BCUT2D eigenvalue weighted by molar-refractivity contribution is -0.137. The third kappa shape index (κ3) is 3.51. The molecule has 0 unspecified atom stereocenters. The van der Waals surface area contributed by atoms with Crippen molar-refractivity contribution < 1.29 is 14.7 Å². The number of carboxylic acids is 1. The van der Waals surface area contributed by atoms with E-state index in [1.54, 1.807) is 18.2 Å². The molecule has 0 aromatic carbocycles. The molecule has 0 spiro atoms. The summed E-state index contributed by atoms with van der Waals surface area (Å²) in [5.74, 6) is -1.05. The lowest BCUT2D eigenvalue weighted by atomic mass is 10.3. The van der Waals surface area contributed by atoms with E-state index in [9.17, 15) is 9.59 Å². The molecule has 0 aliphatic carbocycles. The number of carbonyl (C=O) groups is 2. The van der Waals surface area contributed by atoms with Gasteiger partial charge in [-0.15, -0.1) is 17.9 Å². The summed E-state index contributed by atoms with van der Waals surface area (Å²) in [6, 6.07) is 3.52. The second-order valence-electron chi connectivity index (χ2n) is 3.16. The molecule has 5 heteroatoms. The average molecular weight is 239 g/mol. The minimum Gasteiger partial charge on any atom is -0.481 e. The summed E-state index contributed by atoms with van der Waals surface area (Å²) < 4.78 is 0. The predicted octanol–water partition coefficient (Wildman–Crippen LogP) is 1.85. The zero-order valence-electron chi connectivity index (χ0n) is 8.76. The van der Waals surface area contributed by atoms with E-state index in [0.717, 1.165) is 0 Å². The van der Waals surface area contributed by atoms with Crippen LogP contribution in [-0.4, -0.2) is 35.0 Å². The van der Waals surface area contributed by atoms with Gasteiger partial charge in [-0.1, -0.05) is 12.1 Å². The van der Waals surface area contributed by atoms with Crippen LogP contribution in [0.15, 0.2) is 30.2 Å². The van der Waals surface area contributed by atoms with Gasteiger partial charge in [-0.05, 0) is 11.4 Å². The molecule has 1 aromatic heterocycles. The molecule has 0 aliphatic rings. The Kier molecular flexibility index (Phi) is 4.72. The molecule has 0 fully saturated rings. The van der Waals surface area contributed by atoms with Crippen molar-refractivity contribution >= 4 is 23.2 Å². The number of nitrogens with zero attached hydrogens (tertiary/aromatic N) is 1. The topological polar surface area (TPSA) is 57.6 Å². The van der Waals surface area contributed by atoms with Crippen molar-refractivity contribution in [1.82, 2.24) is 4.90 Å². The summed E-state index contributed by atoms with van der Waals surface area (Å²) in [5, 5.41) is 10.4. The molecular weight excluding hydrogens is 226 g/mol. The number of rotatable bonds is 6. The van der Waals surface area contributed by atoms with Crippen LogP contribution in [0.25, 0.3) is 0 Å². The zero-order valence-corrected chi connectivity index (χ0v) is 9.57. The first kappa shape index (κ1) is 12.4. The number of carboxylic acid groups (broad SMARTS) is 1. The molecule has 0 atom stereocenters. The summed E-state index contributed by atoms with van der Waals surface area (Å²) in [5.41, 5.74) is 0. The van der Waals surface area contributed by atoms with Gasteiger partial charge in [0.05, 0.1) is 11.3 Å². The smallest absolute Gasteiger partial charge is 0.305 e. The first-order valence-corrected chi connectivity index (χ1v) is 5.68. The van der Waals surface area contributed by atoms with Gasteiger partial charge in [-0.2, -0.15) is 0 Å². The van der Waals surface area contributed by atoms with Crippen molar-refractivity contribution in [2.45, 2.75) is 6.42 Å². The highest BCUT2D eigenvalue weighted by Gasteiger charge is 2.15. The molecule has 1 rings (SSSR count). The van der Waals surface area contributed by atoms with Gasteiger partial charge in [0, 0.05) is 13.1 Å². The molecule has 0 aliphatic heterocycles. The normalized spacial score (nSPS) is 9.75. The average Bonchev–Trinajstić information content (AvgIpc) is 2.76. The van der Waals surface area contributed by atoms with Crippen LogP contribution in [-0.2, 0) is 4.79 Å². The molecule has 1 aromatic rings. The molecule has 0 bridgehead atoms. The molecule has 0 saturated heterocycles. The molecule has 1 N–H and O–H groups in total. The van der Waals surface area contributed by atoms with Gasteiger partial charge in [0.25, 0.3) is 5.91 Å². The van der Waals surface area contributed by atoms with Crippen molar-refractivity contribution in [2.24, 2.45) is 0 Å². The second kappa shape index (κ2) is 6.07. The Morgan fingerprint density at radius 3 is 2.81 bits per heavy atom. The first-order valence-electron chi connectivity index (χ1n) is 4.80. The van der Waals surface area contributed by atoms with Gasteiger partial charge < -0.3 is 10.0 Å². The van der Waals surface area contributed by atoms with E-state index in [1.165, 1.54) is 16.2 Å². The molecule has 1 heterocycles. The minimum atomic E-state index is -0.909. The minimum absolute atomic E-state index is 0.0506. The van der Waals surface area contributed by atoms with E-state index in [-0.39, 0.29) is 18.9 Å². The van der Waals surface area contributed by atoms with Crippen LogP contribution in [0.3, 0.4) is 0 Å². The second-order valence-corrected chi connectivity index (χ2v) is 4.11. The Hall–Kier alpha value is -1.62. The lowest BCUT2D eigenvalue weighted by Gasteiger charge is -2.19. The van der Waals surface area contributed by atoms with Crippen LogP contribution in [0.2, 0.25) is 0 Å². The number of amides is 1. The maximum atomic E-state index is 11.9. The molecule has 0 saturated carbocycles. The maximum Gasteiger partial charge on any atom is 0.305 e. The van der Waals surface area contributed by atoms with Crippen LogP contribution < -0.4 is 0 Å². The van der Waals surface area contributed by atoms with E-state index in [0.29, 0.717) is 11.4 Å². The third-order valence-corrected chi connectivity index (χ3v) is 2.82. The highest BCUT2D eigenvalue weighted by molar-refractivity contribution is 7.12. The molecule has 86 valence electrons. The number of thiophene rings is 1. The summed E-state index contributed by atoms with van der Waals surface area (Å²) in [6.45, 7) is 4.12. The van der Waals surface area contributed by atoms with E-state index in [1.807, 2.05) is 5.38 Å². The molecular formula is C11H13NO3S. The SMILES string of the molecule is C=CCN(CCC(=O)O)C(=O)c1cccs1. The Morgan fingerprint density at radius 1 is 1.56 bits per heavy atom.